The summed E-state index contributed by atoms with van der Waals surface area (Å²) in [5.74, 6) is 1.56. The Balaban J connectivity index is 1.64. The highest BCUT2D eigenvalue weighted by molar-refractivity contribution is 7.98. The summed E-state index contributed by atoms with van der Waals surface area (Å²) in [6.07, 6.45) is 3.97. The Morgan fingerprint density at radius 1 is 1.26 bits per heavy atom. The summed E-state index contributed by atoms with van der Waals surface area (Å²) in [6, 6.07) is 8.32. The molecule has 1 aliphatic rings. The Morgan fingerprint density at radius 2 is 2.13 bits per heavy atom. The van der Waals surface area contributed by atoms with E-state index in [0.29, 0.717) is 22.9 Å². The van der Waals surface area contributed by atoms with Crippen molar-refractivity contribution in [1.82, 2.24) is 19.6 Å². The minimum Gasteiger partial charge on any atom is -0.294 e. The van der Waals surface area contributed by atoms with E-state index in [2.05, 4.69) is 34.1 Å². The molecule has 0 amide bonds. The molecular formula is C17H16N4OS. The number of hydrogen-bond acceptors (Lipinski definition) is 5. The number of rotatable bonds is 3. The number of Topliss-reactive ketones (excluding diaryl/α,β-unsaturated/α-hetero) is 1. The second-order valence-corrected chi connectivity index (χ2v) is 6.66. The van der Waals surface area contributed by atoms with Gasteiger partial charge < -0.3 is 0 Å². The molecule has 116 valence electrons. The van der Waals surface area contributed by atoms with Crippen LogP contribution in [-0.4, -0.2) is 25.4 Å². The highest BCUT2D eigenvalue weighted by atomic mass is 32.2. The van der Waals surface area contributed by atoms with Crippen molar-refractivity contribution >= 4 is 23.3 Å². The minimum atomic E-state index is 0.158. The van der Waals surface area contributed by atoms with E-state index in [0.717, 1.165) is 24.3 Å². The average molecular weight is 324 g/mol. The summed E-state index contributed by atoms with van der Waals surface area (Å²) in [6.45, 7) is 2.11. The lowest BCUT2D eigenvalue weighted by Gasteiger charge is -2.13. The minimum absolute atomic E-state index is 0.158. The smallest absolute Gasteiger partial charge is 0.253 e. The van der Waals surface area contributed by atoms with Crippen LogP contribution < -0.4 is 0 Å². The van der Waals surface area contributed by atoms with Crippen molar-refractivity contribution in [3.63, 3.8) is 0 Å². The molecule has 0 aliphatic heterocycles. The van der Waals surface area contributed by atoms with Gasteiger partial charge in [-0.05, 0) is 30.9 Å². The molecule has 0 unspecified atom stereocenters. The first-order chi connectivity index (χ1) is 11.2. The van der Waals surface area contributed by atoms with Crippen LogP contribution >= 0.6 is 11.8 Å². The van der Waals surface area contributed by atoms with E-state index in [9.17, 15) is 4.79 Å². The number of carbonyl (C=O) groups is 1. The number of benzene rings is 1. The quantitative estimate of drug-likeness (QED) is 0.692. The zero-order valence-electron chi connectivity index (χ0n) is 12.8. The van der Waals surface area contributed by atoms with Crippen molar-refractivity contribution in [3.8, 4) is 0 Å². The molecule has 1 aromatic carbocycles. The highest BCUT2D eigenvalue weighted by Crippen LogP contribution is 2.25. The fourth-order valence-corrected chi connectivity index (χ4v) is 3.76. The van der Waals surface area contributed by atoms with Crippen molar-refractivity contribution in [2.75, 3.05) is 0 Å². The molecule has 23 heavy (non-hydrogen) atoms. The maximum Gasteiger partial charge on any atom is 0.253 e. The van der Waals surface area contributed by atoms with Crippen LogP contribution in [0.5, 0.6) is 0 Å². The third-order valence-corrected chi connectivity index (χ3v) is 5.07. The fraction of sp³-hybridized carbons (Fsp3) is 0.294. The molecule has 2 aromatic heterocycles. The SMILES string of the molecule is Cc1ccccc1CSc1nc2ncc3c(n2n1)CCCC3=O. The number of fused-ring (bicyclic) bond motifs is 3. The number of hydrogen-bond donors (Lipinski definition) is 0. The van der Waals surface area contributed by atoms with Crippen molar-refractivity contribution in [3.05, 3.63) is 52.8 Å². The second-order valence-electron chi connectivity index (χ2n) is 5.72. The van der Waals surface area contributed by atoms with Crippen molar-refractivity contribution < 1.29 is 4.79 Å². The van der Waals surface area contributed by atoms with Crippen LogP contribution in [0.1, 0.15) is 40.0 Å². The van der Waals surface area contributed by atoms with Gasteiger partial charge in [0.15, 0.2) is 5.78 Å². The standard InChI is InChI=1S/C17H16N4OS/c1-11-5-2-3-6-12(11)10-23-17-19-16-18-9-13-14(21(16)20-17)7-4-8-15(13)22/h2-3,5-6,9H,4,7-8,10H2,1H3. The molecule has 4 rings (SSSR count). The Labute approximate surface area is 138 Å². The molecule has 6 heteroatoms. The molecule has 2 heterocycles. The van der Waals surface area contributed by atoms with Gasteiger partial charge >= 0.3 is 0 Å². The number of thioether (sulfide) groups is 1. The van der Waals surface area contributed by atoms with E-state index in [1.807, 2.05) is 12.1 Å². The number of aryl methyl sites for hydroxylation is 2. The van der Waals surface area contributed by atoms with Gasteiger partial charge in [-0.25, -0.2) is 4.98 Å². The van der Waals surface area contributed by atoms with E-state index >= 15 is 0 Å². The van der Waals surface area contributed by atoms with Gasteiger partial charge in [0.2, 0.25) is 5.16 Å². The molecule has 0 N–H and O–H groups in total. The van der Waals surface area contributed by atoms with Gasteiger partial charge in [-0.1, -0.05) is 36.0 Å². The summed E-state index contributed by atoms with van der Waals surface area (Å²) >= 11 is 1.60. The van der Waals surface area contributed by atoms with E-state index < -0.39 is 0 Å². The predicted molar refractivity (Wildman–Crippen MR) is 88.8 cm³/mol. The van der Waals surface area contributed by atoms with E-state index in [1.165, 1.54) is 11.1 Å². The molecular weight excluding hydrogens is 308 g/mol. The molecule has 5 nitrogen and oxygen atoms in total. The van der Waals surface area contributed by atoms with Crippen LogP contribution in [0.4, 0.5) is 0 Å². The first kappa shape index (κ1) is 14.4. The molecule has 0 radical (unpaired) electrons. The third kappa shape index (κ3) is 2.63. The van der Waals surface area contributed by atoms with Crippen LogP contribution in [-0.2, 0) is 12.2 Å². The molecule has 0 bridgehead atoms. The van der Waals surface area contributed by atoms with Crippen molar-refractivity contribution in [1.29, 1.82) is 0 Å². The second kappa shape index (κ2) is 5.77. The monoisotopic (exact) mass is 324 g/mol. The normalized spacial score (nSPS) is 14.2. The summed E-state index contributed by atoms with van der Waals surface area (Å²) < 4.78 is 1.74. The van der Waals surface area contributed by atoms with Crippen LogP contribution in [0.2, 0.25) is 0 Å². The Hall–Kier alpha value is -2.21. The molecule has 0 saturated heterocycles. The number of ketones is 1. The molecule has 0 fully saturated rings. The lowest BCUT2D eigenvalue weighted by Crippen LogP contribution is -2.16. The van der Waals surface area contributed by atoms with Gasteiger partial charge in [0.1, 0.15) is 0 Å². The first-order valence-corrected chi connectivity index (χ1v) is 8.66. The van der Waals surface area contributed by atoms with Crippen LogP contribution in [0, 0.1) is 6.92 Å². The summed E-state index contributed by atoms with van der Waals surface area (Å²) in [7, 11) is 0. The third-order valence-electron chi connectivity index (χ3n) is 4.18. The zero-order valence-corrected chi connectivity index (χ0v) is 13.6. The molecule has 1 aliphatic carbocycles. The number of aromatic nitrogens is 4. The Bertz CT molecular complexity index is 903. The molecule has 0 saturated carbocycles. The van der Waals surface area contributed by atoms with Crippen LogP contribution in [0.25, 0.3) is 5.78 Å². The molecule has 0 atom stereocenters. The lowest BCUT2D eigenvalue weighted by molar-refractivity contribution is 0.0970. The topological polar surface area (TPSA) is 60.1 Å². The van der Waals surface area contributed by atoms with E-state index in [1.54, 1.807) is 22.5 Å². The van der Waals surface area contributed by atoms with Crippen LogP contribution in [0.15, 0.2) is 35.6 Å². The van der Waals surface area contributed by atoms with Gasteiger partial charge in [0, 0.05) is 18.4 Å². The van der Waals surface area contributed by atoms with E-state index in [4.69, 9.17) is 0 Å². The van der Waals surface area contributed by atoms with Crippen molar-refractivity contribution in [2.45, 2.75) is 37.1 Å². The van der Waals surface area contributed by atoms with Crippen molar-refractivity contribution in [2.24, 2.45) is 0 Å². The Kier molecular flexibility index (Phi) is 3.61. The number of carbonyl (C=O) groups excluding carboxylic acids is 1. The first-order valence-electron chi connectivity index (χ1n) is 7.67. The maximum absolute atomic E-state index is 12.0. The largest absolute Gasteiger partial charge is 0.294 e. The Morgan fingerprint density at radius 3 is 3.00 bits per heavy atom. The predicted octanol–water partition coefficient (Wildman–Crippen LogP) is 3.24. The maximum atomic E-state index is 12.0. The van der Waals surface area contributed by atoms with Gasteiger partial charge in [-0.3, -0.25) is 4.79 Å². The van der Waals surface area contributed by atoms with Gasteiger partial charge in [-0.2, -0.15) is 9.50 Å². The van der Waals surface area contributed by atoms with Gasteiger partial charge in [0.25, 0.3) is 5.78 Å². The average Bonchev–Trinajstić information content (AvgIpc) is 2.98. The molecule has 0 spiro atoms. The van der Waals surface area contributed by atoms with E-state index in [-0.39, 0.29) is 5.78 Å². The lowest BCUT2D eigenvalue weighted by atomic mass is 9.96. The number of nitrogens with zero attached hydrogens (tertiary/aromatic N) is 4. The zero-order chi connectivity index (χ0) is 15.8. The fourth-order valence-electron chi connectivity index (χ4n) is 2.86. The van der Waals surface area contributed by atoms with Gasteiger partial charge in [-0.15, -0.1) is 5.10 Å². The summed E-state index contributed by atoms with van der Waals surface area (Å²) in [5, 5.41) is 5.26. The van der Waals surface area contributed by atoms with Crippen LogP contribution in [0.3, 0.4) is 0 Å². The molecule has 3 aromatic rings. The summed E-state index contributed by atoms with van der Waals surface area (Å²) in [5.41, 5.74) is 4.19. The van der Waals surface area contributed by atoms with Gasteiger partial charge in [0.05, 0.1) is 11.3 Å². The highest BCUT2D eigenvalue weighted by Gasteiger charge is 2.22. The summed E-state index contributed by atoms with van der Waals surface area (Å²) in [4.78, 5) is 20.8.